The predicted molar refractivity (Wildman–Crippen MR) is 110 cm³/mol. The number of hydrogen-bond acceptors (Lipinski definition) is 5. The van der Waals surface area contributed by atoms with Gasteiger partial charge in [-0.2, -0.15) is 0 Å². The molecule has 0 unspecified atom stereocenters. The first-order valence-electron chi connectivity index (χ1n) is 9.58. The molecule has 0 heterocycles. The molecule has 6 heteroatoms. The number of carbonyl (C=O) groups is 2. The van der Waals surface area contributed by atoms with Gasteiger partial charge in [-0.3, -0.25) is 0 Å². The molecule has 30 heavy (non-hydrogen) atoms. The Hall–Kier alpha value is -3.51. The standard InChI is InChI=1S/C24H20FNO4/c1-14(26)23(27)30-21-12-6-11-20(25)22(21)24(28)29-13-19-17-9-4-2-7-15(17)16-8-3-5-10-18(16)19/h2-12,14,19H,13,26H2,1H3/t14-/m0/s1. The third-order valence-corrected chi connectivity index (χ3v) is 5.11. The number of hydrogen-bond donors (Lipinski definition) is 1. The van der Waals surface area contributed by atoms with Crippen molar-refractivity contribution in [3.63, 3.8) is 0 Å². The number of rotatable bonds is 5. The number of nitrogens with two attached hydrogens (primary N) is 1. The van der Waals surface area contributed by atoms with Crippen LogP contribution in [0.2, 0.25) is 0 Å². The van der Waals surface area contributed by atoms with Gasteiger partial charge in [0.05, 0.1) is 0 Å². The maximum absolute atomic E-state index is 14.4. The number of halogens is 1. The highest BCUT2D eigenvalue weighted by atomic mass is 19.1. The van der Waals surface area contributed by atoms with Crippen LogP contribution >= 0.6 is 0 Å². The van der Waals surface area contributed by atoms with E-state index in [1.54, 1.807) is 0 Å². The van der Waals surface area contributed by atoms with Crippen LogP contribution in [0.5, 0.6) is 5.75 Å². The summed E-state index contributed by atoms with van der Waals surface area (Å²) in [4.78, 5) is 24.6. The summed E-state index contributed by atoms with van der Waals surface area (Å²) >= 11 is 0. The highest BCUT2D eigenvalue weighted by Gasteiger charge is 2.30. The van der Waals surface area contributed by atoms with Gasteiger partial charge in [-0.15, -0.1) is 0 Å². The summed E-state index contributed by atoms with van der Waals surface area (Å²) in [6, 6.07) is 18.7. The SMILES string of the molecule is C[C@H](N)C(=O)Oc1cccc(F)c1C(=O)OCC1c2ccccc2-c2ccccc21. The number of esters is 2. The van der Waals surface area contributed by atoms with Crippen LogP contribution in [0.25, 0.3) is 11.1 Å². The fraction of sp³-hybridized carbons (Fsp3) is 0.167. The molecule has 2 N–H and O–H groups in total. The molecule has 0 fully saturated rings. The zero-order valence-electron chi connectivity index (χ0n) is 16.3. The van der Waals surface area contributed by atoms with Gasteiger partial charge in [0.1, 0.15) is 29.8 Å². The first kappa shape index (κ1) is 19.8. The lowest BCUT2D eigenvalue weighted by molar-refractivity contribution is -0.135. The van der Waals surface area contributed by atoms with Crippen molar-refractivity contribution in [2.75, 3.05) is 6.61 Å². The van der Waals surface area contributed by atoms with Gasteiger partial charge < -0.3 is 15.2 Å². The molecule has 5 nitrogen and oxygen atoms in total. The van der Waals surface area contributed by atoms with Crippen LogP contribution in [0.1, 0.15) is 34.3 Å². The van der Waals surface area contributed by atoms with E-state index in [1.165, 1.54) is 19.1 Å². The molecule has 1 aliphatic carbocycles. The van der Waals surface area contributed by atoms with Crippen molar-refractivity contribution in [2.45, 2.75) is 18.9 Å². The fourth-order valence-corrected chi connectivity index (χ4v) is 3.66. The Morgan fingerprint density at radius 2 is 1.57 bits per heavy atom. The monoisotopic (exact) mass is 405 g/mol. The number of fused-ring (bicyclic) bond motifs is 3. The first-order chi connectivity index (χ1) is 14.5. The molecule has 0 bridgehead atoms. The molecular weight excluding hydrogens is 385 g/mol. The van der Waals surface area contributed by atoms with Gasteiger partial charge in [0, 0.05) is 5.92 Å². The highest BCUT2D eigenvalue weighted by Crippen LogP contribution is 2.44. The van der Waals surface area contributed by atoms with E-state index in [1.807, 2.05) is 48.5 Å². The minimum Gasteiger partial charge on any atom is -0.461 e. The molecule has 0 amide bonds. The van der Waals surface area contributed by atoms with Crippen molar-refractivity contribution in [3.8, 4) is 16.9 Å². The van der Waals surface area contributed by atoms with Gasteiger partial charge in [-0.1, -0.05) is 54.6 Å². The Kier molecular flexibility index (Phi) is 5.33. The molecule has 0 spiro atoms. The molecule has 1 aliphatic rings. The number of ether oxygens (including phenoxy) is 2. The summed E-state index contributed by atoms with van der Waals surface area (Å²) in [5, 5.41) is 0. The van der Waals surface area contributed by atoms with E-state index >= 15 is 0 Å². The molecule has 0 radical (unpaired) electrons. The van der Waals surface area contributed by atoms with Gasteiger partial charge in [-0.25, -0.2) is 14.0 Å². The fourth-order valence-electron chi connectivity index (χ4n) is 3.66. The Bertz CT molecular complexity index is 1080. The van der Waals surface area contributed by atoms with E-state index in [2.05, 4.69) is 0 Å². The summed E-state index contributed by atoms with van der Waals surface area (Å²) in [6.45, 7) is 1.47. The van der Waals surface area contributed by atoms with Crippen LogP contribution in [-0.2, 0) is 9.53 Å². The normalized spacial score (nSPS) is 13.3. The van der Waals surface area contributed by atoms with Gasteiger partial charge in [-0.05, 0) is 41.3 Å². The molecular formula is C24H20FNO4. The Balaban J connectivity index is 1.59. The number of carbonyl (C=O) groups excluding carboxylic acids is 2. The maximum atomic E-state index is 14.4. The predicted octanol–water partition coefficient (Wildman–Crippen LogP) is 4.05. The lowest BCUT2D eigenvalue weighted by atomic mass is 9.98. The molecule has 0 aliphatic heterocycles. The van der Waals surface area contributed by atoms with Crippen LogP contribution in [0, 0.1) is 5.82 Å². The molecule has 1 atom stereocenters. The zero-order chi connectivity index (χ0) is 21.3. The van der Waals surface area contributed by atoms with E-state index in [-0.39, 0.29) is 18.3 Å². The zero-order valence-corrected chi connectivity index (χ0v) is 16.3. The van der Waals surface area contributed by atoms with Gasteiger partial charge >= 0.3 is 11.9 Å². The lowest BCUT2D eigenvalue weighted by Crippen LogP contribution is -2.31. The topological polar surface area (TPSA) is 78.6 Å². The van der Waals surface area contributed by atoms with Gasteiger partial charge in [0.25, 0.3) is 0 Å². The molecule has 0 saturated carbocycles. The van der Waals surface area contributed by atoms with Gasteiger partial charge in [0.15, 0.2) is 0 Å². The van der Waals surface area contributed by atoms with Crippen molar-refractivity contribution in [1.82, 2.24) is 0 Å². The number of benzene rings is 3. The molecule has 3 aromatic carbocycles. The molecule has 4 rings (SSSR count). The summed E-state index contributed by atoms with van der Waals surface area (Å²) in [5.41, 5.74) is 9.34. The summed E-state index contributed by atoms with van der Waals surface area (Å²) in [7, 11) is 0. The molecule has 0 aromatic heterocycles. The third-order valence-electron chi connectivity index (χ3n) is 5.11. The molecule has 152 valence electrons. The maximum Gasteiger partial charge on any atom is 0.345 e. The first-order valence-corrected chi connectivity index (χ1v) is 9.58. The Morgan fingerprint density at radius 1 is 0.967 bits per heavy atom. The van der Waals surface area contributed by atoms with Crippen LogP contribution in [0.4, 0.5) is 4.39 Å². The van der Waals surface area contributed by atoms with E-state index in [0.29, 0.717) is 0 Å². The van der Waals surface area contributed by atoms with Crippen LogP contribution < -0.4 is 10.5 Å². The lowest BCUT2D eigenvalue weighted by Gasteiger charge is -2.16. The average Bonchev–Trinajstić information content (AvgIpc) is 3.06. The van der Waals surface area contributed by atoms with Crippen LogP contribution in [-0.4, -0.2) is 24.6 Å². The minimum atomic E-state index is -0.913. The van der Waals surface area contributed by atoms with Crippen molar-refractivity contribution < 1.29 is 23.5 Å². The van der Waals surface area contributed by atoms with Crippen LogP contribution in [0.15, 0.2) is 66.7 Å². The smallest absolute Gasteiger partial charge is 0.345 e. The van der Waals surface area contributed by atoms with Gasteiger partial charge in [0.2, 0.25) is 0 Å². The third kappa shape index (κ3) is 3.57. The summed E-state index contributed by atoms with van der Waals surface area (Å²) in [6.07, 6.45) is 0. The average molecular weight is 405 g/mol. The highest BCUT2D eigenvalue weighted by molar-refractivity contribution is 5.94. The Labute approximate surface area is 173 Å². The van der Waals surface area contributed by atoms with Crippen molar-refractivity contribution in [2.24, 2.45) is 5.73 Å². The minimum absolute atomic E-state index is 0.0296. The van der Waals surface area contributed by atoms with E-state index in [0.717, 1.165) is 28.3 Å². The van der Waals surface area contributed by atoms with Crippen molar-refractivity contribution >= 4 is 11.9 Å². The second-order valence-corrected chi connectivity index (χ2v) is 7.15. The quantitative estimate of drug-likeness (QED) is 0.512. The van der Waals surface area contributed by atoms with Crippen molar-refractivity contribution in [1.29, 1.82) is 0 Å². The van der Waals surface area contributed by atoms with E-state index in [4.69, 9.17) is 15.2 Å². The van der Waals surface area contributed by atoms with E-state index in [9.17, 15) is 14.0 Å². The summed E-state index contributed by atoms with van der Waals surface area (Å²) < 4.78 is 25.0. The second kappa shape index (κ2) is 8.08. The molecule has 3 aromatic rings. The second-order valence-electron chi connectivity index (χ2n) is 7.15. The summed E-state index contributed by atoms with van der Waals surface area (Å²) in [5.74, 6) is -2.88. The molecule has 0 saturated heterocycles. The largest absolute Gasteiger partial charge is 0.461 e. The van der Waals surface area contributed by atoms with Crippen LogP contribution in [0.3, 0.4) is 0 Å². The van der Waals surface area contributed by atoms with E-state index < -0.39 is 29.4 Å². The Morgan fingerprint density at radius 3 is 2.17 bits per heavy atom. The van der Waals surface area contributed by atoms with Crippen molar-refractivity contribution in [3.05, 3.63) is 89.2 Å².